The van der Waals surface area contributed by atoms with Gasteiger partial charge in [-0.1, -0.05) is 6.07 Å². The normalized spacial score (nSPS) is 21.6. The van der Waals surface area contributed by atoms with Crippen LogP contribution in [0.4, 0.5) is 13.2 Å². The van der Waals surface area contributed by atoms with Crippen LogP contribution in [0.25, 0.3) is 0 Å². The van der Waals surface area contributed by atoms with Gasteiger partial charge in [0.25, 0.3) is 0 Å². The van der Waals surface area contributed by atoms with Crippen LogP contribution in [0.1, 0.15) is 17.7 Å². The third-order valence-corrected chi connectivity index (χ3v) is 4.03. The first-order valence-corrected chi connectivity index (χ1v) is 6.32. The Balaban J connectivity index is 1.90. The molecule has 2 heterocycles. The van der Waals surface area contributed by atoms with Crippen LogP contribution in [-0.2, 0) is 6.54 Å². The number of thiophene rings is 1. The molecule has 1 aromatic rings. The number of aliphatic hydroxyl groups is 1. The van der Waals surface area contributed by atoms with Crippen LogP contribution in [0.15, 0.2) is 17.5 Å². The highest BCUT2D eigenvalue weighted by molar-refractivity contribution is 7.09. The molecule has 0 bridgehead atoms. The zero-order valence-corrected chi connectivity index (χ0v) is 10.0. The minimum atomic E-state index is -4.51. The van der Waals surface area contributed by atoms with E-state index in [1.807, 2.05) is 22.4 Å². The molecular formula is C11H14F3NOS. The fourth-order valence-corrected chi connectivity index (χ4v) is 2.73. The summed E-state index contributed by atoms with van der Waals surface area (Å²) >= 11 is 1.60. The summed E-state index contributed by atoms with van der Waals surface area (Å²) in [5, 5.41) is 11.5. The van der Waals surface area contributed by atoms with Gasteiger partial charge < -0.3 is 5.11 Å². The van der Waals surface area contributed by atoms with Gasteiger partial charge in [-0.05, 0) is 24.3 Å². The van der Waals surface area contributed by atoms with Gasteiger partial charge in [0.2, 0.25) is 0 Å². The van der Waals surface area contributed by atoms with Crippen LogP contribution in [0, 0.1) is 0 Å². The smallest absolute Gasteiger partial charge is 0.380 e. The van der Waals surface area contributed by atoms with Crippen LogP contribution in [0.2, 0.25) is 0 Å². The van der Waals surface area contributed by atoms with Crippen molar-refractivity contribution in [1.82, 2.24) is 4.90 Å². The summed E-state index contributed by atoms with van der Waals surface area (Å²) in [5.74, 6) is 0. The molecule has 1 aliphatic rings. The molecule has 0 atom stereocenters. The molecule has 0 aromatic carbocycles. The Morgan fingerprint density at radius 3 is 2.47 bits per heavy atom. The summed E-state index contributed by atoms with van der Waals surface area (Å²) < 4.78 is 37.7. The fraction of sp³-hybridized carbons (Fsp3) is 0.636. The van der Waals surface area contributed by atoms with Crippen molar-refractivity contribution < 1.29 is 18.3 Å². The standard InChI is InChI=1S/C11H14F3NOS/c12-11(13,14)10(16)3-5-15(6-4-10)8-9-2-1-7-17-9/h1-2,7,16H,3-6,8H2. The van der Waals surface area contributed by atoms with Gasteiger partial charge in [0, 0.05) is 24.5 Å². The van der Waals surface area contributed by atoms with E-state index in [1.54, 1.807) is 11.3 Å². The molecular weight excluding hydrogens is 251 g/mol. The van der Waals surface area contributed by atoms with Gasteiger partial charge in [-0.3, -0.25) is 4.90 Å². The van der Waals surface area contributed by atoms with E-state index in [0.717, 1.165) is 4.88 Å². The molecule has 1 saturated heterocycles. The molecule has 0 unspecified atom stereocenters. The van der Waals surface area contributed by atoms with E-state index in [2.05, 4.69) is 0 Å². The lowest BCUT2D eigenvalue weighted by molar-refractivity contribution is -0.272. The van der Waals surface area contributed by atoms with Crippen LogP contribution in [-0.4, -0.2) is 34.9 Å². The largest absolute Gasteiger partial charge is 0.417 e. The van der Waals surface area contributed by atoms with Crippen LogP contribution in [0.3, 0.4) is 0 Å². The van der Waals surface area contributed by atoms with Gasteiger partial charge in [0.15, 0.2) is 5.60 Å². The van der Waals surface area contributed by atoms with Crippen LogP contribution >= 0.6 is 11.3 Å². The first-order chi connectivity index (χ1) is 7.91. The van der Waals surface area contributed by atoms with Crippen molar-refractivity contribution in [3.63, 3.8) is 0 Å². The topological polar surface area (TPSA) is 23.5 Å². The number of halogens is 3. The Labute approximate surface area is 102 Å². The molecule has 0 amide bonds. The van der Waals surface area contributed by atoms with Crippen molar-refractivity contribution in [2.24, 2.45) is 0 Å². The lowest BCUT2D eigenvalue weighted by atomic mass is 9.91. The Kier molecular flexibility index (Phi) is 3.47. The quantitative estimate of drug-likeness (QED) is 0.888. The molecule has 0 aliphatic carbocycles. The molecule has 1 aliphatic heterocycles. The Morgan fingerprint density at radius 1 is 1.35 bits per heavy atom. The van der Waals surface area contributed by atoms with Gasteiger partial charge in [0.1, 0.15) is 0 Å². The summed E-state index contributed by atoms with van der Waals surface area (Å²) in [6.07, 6.45) is -4.98. The highest BCUT2D eigenvalue weighted by atomic mass is 32.1. The Hall–Kier alpha value is -0.590. The zero-order chi connectivity index (χ0) is 12.5. The lowest BCUT2D eigenvalue weighted by Gasteiger charge is -2.38. The highest BCUT2D eigenvalue weighted by Gasteiger charge is 2.54. The number of alkyl halides is 3. The summed E-state index contributed by atoms with van der Waals surface area (Å²) in [4.78, 5) is 3.09. The van der Waals surface area contributed by atoms with E-state index in [0.29, 0.717) is 6.54 Å². The van der Waals surface area contributed by atoms with Gasteiger partial charge in [-0.25, -0.2) is 0 Å². The van der Waals surface area contributed by atoms with Gasteiger partial charge >= 0.3 is 6.18 Å². The Bertz CT molecular complexity index is 355. The number of hydrogen-bond acceptors (Lipinski definition) is 3. The summed E-state index contributed by atoms with van der Waals surface area (Å²) in [7, 11) is 0. The third kappa shape index (κ3) is 2.81. The van der Waals surface area contributed by atoms with Crippen LogP contribution in [0.5, 0.6) is 0 Å². The molecule has 0 spiro atoms. The highest BCUT2D eigenvalue weighted by Crippen LogP contribution is 2.38. The predicted molar refractivity (Wildman–Crippen MR) is 59.8 cm³/mol. The first kappa shape index (κ1) is 12.9. The number of piperidine rings is 1. The number of hydrogen-bond donors (Lipinski definition) is 1. The van der Waals surface area contributed by atoms with Crippen molar-refractivity contribution in [2.45, 2.75) is 31.2 Å². The van der Waals surface area contributed by atoms with E-state index in [-0.39, 0.29) is 25.9 Å². The monoisotopic (exact) mass is 265 g/mol. The zero-order valence-electron chi connectivity index (χ0n) is 9.20. The van der Waals surface area contributed by atoms with Gasteiger partial charge in [-0.2, -0.15) is 13.2 Å². The number of nitrogens with zero attached hydrogens (tertiary/aromatic N) is 1. The lowest BCUT2D eigenvalue weighted by Crippen LogP contribution is -2.53. The maximum absolute atomic E-state index is 12.6. The maximum Gasteiger partial charge on any atom is 0.417 e. The molecule has 2 nitrogen and oxygen atoms in total. The van der Waals surface area contributed by atoms with E-state index in [9.17, 15) is 18.3 Å². The maximum atomic E-state index is 12.6. The van der Waals surface area contributed by atoms with Crippen molar-refractivity contribution in [1.29, 1.82) is 0 Å². The molecule has 1 aromatic heterocycles. The fourth-order valence-electron chi connectivity index (χ4n) is 1.99. The summed E-state index contributed by atoms with van der Waals surface area (Å²) in [5.41, 5.74) is -2.49. The average Bonchev–Trinajstić information content (AvgIpc) is 2.73. The van der Waals surface area contributed by atoms with Gasteiger partial charge in [0.05, 0.1) is 0 Å². The minimum absolute atomic E-state index is 0.234. The molecule has 0 saturated carbocycles. The first-order valence-electron chi connectivity index (χ1n) is 5.45. The SMILES string of the molecule is OC1(C(F)(F)F)CCN(Cc2cccs2)CC1. The molecule has 17 heavy (non-hydrogen) atoms. The average molecular weight is 265 g/mol. The van der Waals surface area contributed by atoms with Gasteiger partial charge in [-0.15, -0.1) is 11.3 Å². The second-order valence-electron chi connectivity index (χ2n) is 4.38. The molecule has 2 rings (SSSR count). The predicted octanol–water partition coefficient (Wildman–Crippen LogP) is 2.64. The second kappa shape index (κ2) is 4.59. The van der Waals surface area contributed by atoms with E-state index in [4.69, 9.17) is 0 Å². The molecule has 0 radical (unpaired) electrons. The molecule has 96 valence electrons. The third-order valence-electron chi connectivity index (χ3n) is 3.17. The number of likely N-dealkylation sites (tertiary alicyclic amines) is 1. The summed E-state index contributed by atoms with van der Waals surface area (Å²) in [6, 6.07) is 3.89. The van der Waals surface area contributed by atoms with Crippen molar-refractivity contribution in [3.05, 3.63) is 22.4 Å². The Morgan fingerprint density at radius 2 is 2.00 bits per heavy atom. The summed E-state index contributed by atoms with van der Waals surface area (Å²) in [6.45, 7) is 1.24. The van der Waals surface area contributed by atoms with E-state index < -0.39 is 11.8 Å². The van der Waals surface area contributed by atoms with Crippen molar-refractivity contribution in [2.75, 3.05) is 13.1 Å². The molecule has 6 heteroatoms. The number of rotatable bonds is 2. The minimum Gasteiger partial charge on any atom is -0.380 e. The molecule has 1 fully saturated rings. The van der Waals surface area contributed by atoms with Crippen molar-refractivity contribution >= 4 is 11.3 Å². The van der Waals surface area contributed by atoms with Crippen molar-refractivity contribution in [3.8, 4) is 0 Å². The van der Waals surface area contributed by atoms with E-state index >= 15 is 0 Å². The second-order valence-corrected chi connectivity index (χ2v) is 5.42. The van der Waals surface area contributed by atoms with Crippen LogP contribution < -0.4 is 0 Å². The van der Waals surface area contributed by atoms with E-state index in [1.165, 1.54) is 0 Å². The molecule has 1 N–H and O–H groups in total.